The molecule has 140 valence electrons. The van der Waals surface area contributed by atoms with E-state index in [0.29, 0.717) is 6.42 Å². The van der Waals surface area contributed by atoms with Gasteiger partial charge in [-0.1, -0.05) is 0 Å². The lowest BCUT2D eigenvalue weighted by molar-refractivity contribution is -0.137. The molecule has 0 spiro atoms. The first-order chi connectivity index (χ1) is 12.2. The Hall–Kier alpha value is -1.79. The number of fused-ring (bicyclic) bond motifs is 5. The van der Waals surface area contributed by atoms with Gasteiger partial charge >= 0.3 is 6.18 Å². The van der Waals surface area contributed by atoms with Gasteiger partial charge in [0, 0.05) is 13.2 Å². The molecule has 2 aliphatic carbocycles. The van der Waals surface area contributed by atoms with E-state index >= 15 is 0 Å². The van der Waals surface area contributed by atoms with Crippen LogP contribution in [0.5, 0.6) is 0 Å². The molecule has 5 nitrogen and oxygen atoms in total. The van der Waals surface area contributed by atoms with Crippen LogP contribution in [0.25, 0.3) is 0 Å². The smallest absolute Gasteiger partial charge is 0.396 e. The number of hydrogen-bond donors (Lipinski definition) is 1. The first kappa shape index (κ1) is 17.6. The molecule has 0 aromatic heterocycles. The zero-order valence-corrected chi connectivity index (χ0v) is 14.5. The van der Waals surface area contributed by atoms with Crippen LogP contribution >= 0.6 is 0 Å². The van der Waals surface area contributed by atoms with Crippen molar-refractivity contribution < 1.29 is 26.7 Å². The minimum absolute atomic E-state index is 0.0134. The van der Waals surface area contributed by atoms with E-state index in [-0.39, 0.29) is 42.5 Å². The first-order valence-corrected chi connectivity index (χ1v) is 9.92. The van der Waals surface area contributed by atoms with Crippen LogP contribution in [-0.2, 0) is 16.2 Å². The normalized spacial score (nSPS) is 34.7. The van der Waals surface area contributed by atoms with Crippen LogP contribution in [0.4, 0.5) is 18.9 Å². The van der Waals surface area contributed by atoms with Gasteiger partial charge in [-0.05, 0) is 54.7 Å². The van der Waals surface area contributed by atoms with Gasteiger partial charge in [-0.3, -0.25) is 4.31 Å². The topological polar surface area (TPSA) is 81.4 Å². The highest BCUT2D eigenvalue weighted by Gasteiger charge is 2.62. The van der Waals surface area contributed by atoms with E-state index in [1.165, 1.54) is 12.1 Å². The molecule has 9 heteroatoms. The van der Waals surface area contributed by atoms with Crippen LogP contribution in [0.1, 0.15) is 24.0 Å². The summed E-state index contributed by atoms with van der Waals surface area (Å²) in [6.45, 7) is 0.146. The third-order valence-electron chi connectivity index (χ3n) is 6.20. The highest BCUT2D eigenvalue weighted by atomic mass is 32.2. The van der Waals surface area contributed by atoms with E-state index in [1.807, 2.05) is 0 Å². The summed E-state index contributed by atoms with van der Waals surface area (Å²) in [7, 11) is -3.76. The van der Waals surface area contributed by atoms with E-state index in [9.17, 15) is 26.7 Å². The molecule has 26 heavy (non-hydrogen) atoms. The SMILES string of the molecule is N#Cc1ccc(N2C[C@@H]3[C@@H]4C[C@H](C[C@@H]4CO)[C@@H]3S2(=O)=O)cc1C(F)(F)F. The third-order valence-corrected chi connectivity index (χ3v) is 8.60. The zero-order valence-electron chi connectivity index (χ0n) is 13.6. The van der Waals surface area contributed by atoms with Crippen molar-refractivity contribution in [3.8, 4) is 6.07 Å². The zero-order chi connectivity index (χ0) is 18.9. The number of aliphatic hydroxyl groups excluding tert-OH is 1. The van der Waals surface area contributed by atoms with Crippen molar-refractivity contribution >= 4 is 15.7 Å². The van der Waals surface area contributed by atoms with Gasteiger partial charge < -0.3 is 5.11 Å². The number of nitriles is 1. The minimum Gasteiger partial charge on any atom is -0.396 e. The summed E-state index contributed by atoms with van der Waals surface area (Å²) in [4.78, 5) is 0. The fourth-order valence-corrected chi connectivity index (χ4v) is 7.73. The van der Waals surface area contributed by atoms with Crippen molar-refractivity contribution in [1.29, 1.82) is 5.26 Å². The summed E-state index contributed by atoms with van der Waals surface area (Å²) < 4.78 is 66.7. The molecule has 2 bridgehead atoms. The van der Waals surface area contributed by atoms with Gasteiger partial charge in [0.05, 0.1) is 28.1 Å². The molecule has 4 rings (SSSR count). The molecule has 0 amide bonds. The number of alkyl halides is 3. The number of nitrogens with zero attached hydrogens (tertiary/aromatic N) is 2. The summed E-state index contributed by atoms with van der Waals surface area (Å²) in [6, 6.07) is 4.54. The number of rotatable bonds is 2. The molecule has 1 N–H and O–H groups in total. The second-order valence-corrected chi connectivity index (χ2v) is 9.40. The summed E-state index contributed by atoms with van der Waals surface area (Å²) in [5, 5.41) is 17.8. The largest absolute Gasteiger partial charge is 0.417 e. The van der Waals surface area contributed by atoms with Gasteiger partial charge in [0.15, 0.2) is 0 Å². The molecule has 2 saturated carbocycles. The molecule has 1 heterocycles. The molecule has 3 aliphatic rings. The standard InChI is InChI=1S/C17H17F3N2O3S/c18-17(19,20)15-5-12(2-1-9(15)6-21)22-7-14-13-4-10(3-11(13)8-23)16(14)26(22,24)25/h1-2,5,10-11,13-14,16,23H,3-4,7-8H2/t10-,11+,13+,14+,16-/m0/s1. The van der Waals surface area contributed by atoms with Crippen molar-refractivity contribution in [3.05, 3.63) is 29.3 Å². The van der Waals surface area contributed by atoms with E-state index in [2.05, 4.69) is 0 Å². The molecular weight excluding hydrogens is 369 g/mol. The summed E-state index contributed by atoms with van der Waals surface area (Å²) in [6.07, 6.45) is -3.33. The van der Waals surface area contributed by atoms with Crippen LogP contribution < -0.4 is 4.31 Å². The minimum atomic E-state index is -4.73. The Morgan fingerprint density at radius 1 is 1.27 bits per heavy atom. The van der Waals surface area contributed by atoms with Gasteiger partial charge in [0.25, 0.3) is 0 Å². The van der Waals surface area contributed by atoms with Crippen molar-refractivity contribution in [3.63, 3.8) is 0 Å². The Labute approximate surface area is 149 Å². The molecule has 1 aromatic carbocycles. The second-order valence-electron chi connectivity index (χ2n) is 7.38. The van der Waals surface area contributed by atoms with Crippen LogP contribution in [-0.4, -0.2) is 31.9 Å². The third kappa shape index (κ3) is 2.35. The Morgan fingerprint density at radius 3 is 2.62 bits per heavy atom. The predicted molar refractivity (Wildman–Crippen MR) is 86.5 cm³/mol. The molecular formula is C17H17F3N2O3S. The highest BCUT2D eigenvalue weighted by Crippen LogP contribution is 2.58. The summed E-state index contributed by atoms with van der Waals surface area (Å²) in [5.41, 5.74) is -1.70. The lowest BCUT2D eigenvalue weighted by Gasteiger charge is -2.27. The molecule has 1 aliphatic heterocycles. The lowest BCUT2D eigenvalue weighted by Crippen LogP contribution is -2.35. The quantitative estimate of drug-likeness (QED) is 0.846. The monoisotopic (exact) mass is 386 g/mol. The number of aliphatic hydroxyl groups is 1. The van der Waals surface area contributed by atoms with Gasteiger partial charge in [-0.15, -0.1) is 0 Å². The van der Waals surface area contributed by atoms with Crippen molar-refractivity contribution in [2.24, 2.45) is 23.7 Å². The Morgan fingerprint density at radius 2 is 2.00 bits per heavy atom. The highest BCUT2D eigenvalue weighted by molar-refractivity contribution is 7.93. The maximum absolute atomic E-state index is 13.2. The molecule has 1 saturated heterocycles. The van der Waals surface area contributed by atoms with Gasteiger partial charge in [-0.2, -0.15) is 18.4 Å². The molecule has 3 fully saturated rings. The van der Waals surface area contributed by atoms with Crippen molar-refractivity contribution in [2.75, 3.05) is 17.5 Å². The Bertz CT molecular complexity index is 891. The lowest BCUT2D eigenvalue weighted by atomic mass is 9.80. The van der Waals surface area contributed by atoms with Gasteiger partial charge in [0.2, 0.25) is 10.0 Å². The van der Waals surface area contributed by atoms with Crippen molar-refractivity contribution in [2.45, 2.75) is 24.3 Å². The molecule has 1 aromatic rings. The van der Waals surface area contributed by atoms with Crippen molar-refractivity contribution in [1.82, 2.24) is 0 Å². The number of halogens is 3. The Kier molecular flexibility index (Phi) is 3.80. The fraction of sp³-hybridized carbons (Fsp3) is 0.588. The number of benzene rings is 1. The maximum Gasteiger partial charge on any atom is 0.417 e. The summed E-state index contributed by atoms with van der Waals surface area (Å²) >= 11 is 0. The van der Waals surface area contributed by atoms with Crippen LogP contribution in [0.3, 0.4) is 0 Å². The van der Waals surface area contributed by atoms with Crippen LogP contribution in [0.15, 0.2) is 18.2 Å². The average Bonchev–Trinajstić information content (AvgIpc) is 3.23. The number of sulfonamides is 1. The van der Waals surface area contributed by atoms with Crippen LogP contribution in [0, 0.1) is 35.0 Å². The molecule has 0 unspecified atom stereocenters. The van der Waals surface area contributed by atoms with E-state index in [0.717, 1.165) is 22.9 Å². The Balaban J connectivity index is 1.73. The number of hydrogen-bond acceptors (Lipinski definition) is 4. The second kappa shape index (κ2) is 5.60. The van der Waals surface area contributed by atoms with Crippen LogP contribution in [0.2, 0.25) is 0 Å². The van der Waals surface area contributed by atoms with E-state index < -0.39 is 32.6 Å². The van der Waals surface area contributed by atoms with E-state index in [4.69, 9.17) is 5.26 Å². The summed E-state index contributed by atoms with van der Waals surface area (Å²) in [5.74, 6) is -0.0446. The number of anilines is 1. The average molecular weight is 386 g/mol. The fourth-order valence-electron chi connectivity index (χ4n) is 5.22. The van der Waals surface area contributed by atoms with Gasteiger partial charge in [0.1, 0.15) is 0 Å². The predicted octanol–water partition coefficient (Wildman–Crippen LogP) is 2.36. The molecule has 5 atom stereocenters. The molecule has 0 radical (unpaired) electrons. The maximum atomic E-state index is 13.2. The van der Waals surface area contributed by atoms with E-state index in [1.54, 1.807) is 0 Å². The van der Waals surface area contributed by atoms with Gasteiger partial charge in [-0.25, -0.2) is 8.42 Å². The first-order valence-electron chi connectivity index (χ1n) is 8.42.